The Kier molecular flexibility index (Phi) is 2.79. The number of aliphatic hydroxyl groups excluding tert-OH is 1. The predicted octanol–water partition coefficient (Wildman–Crippen LogP) is -0.340. The van der Waals surface area contributed by atoms with Gasteiger partial charge in [0.15, 0.2) is 11.7 Å². The van der Waals surface area contributed by atoms with E-state index in [1.807, 2.05) is 20.8 Å². The lowest BCUT2D eigenvalue weighted by molar-refractivity contribution is -0.238. The zero-order valence-electron chi connectivity index (χ0n) is 16.6. The smallest absolute Gasteiger partial charge is 0.342 e. The van der Waals surface area contributed by atoms with Crippen LogP contribution in [0.2, 0.25) is 0 Å². The second-order valence-electron chi connectivity index (χ2n) is 10.6. The molecule has 158 valence electrons. The lowest BCUT2D eigenvalue weighted by Crippen LogP contribution is -2.66. The van der Waals surface area contributed by atoms with Crippen LogP contribution in [0.1, 0.15) is 40.5 Å². The molecule has 10 atom stereocenters. The monoisotopic (exact) mass is 408 g/mol. The molecule has 2 aliphatic carbocycles. The summed E-state index contributed by atoms with van der Waals surface area (Å²) in [4.78, 5) is 38.1. The first-order valence-corrected chi connectivity index (χ1v) is 10.1. The highest BCUT2D eigenvalue weighted by Gasteiger charge is 3.01. The third-order valence-corrected chi connectivity index (χ3v) is 8.97. The van der Waals surface area contributed by atoms with E-state index in [4.69, 9.17) is 18.9 Å². The van der Waals surface area contributed by atoms with Gasteiger partial charge in [0, 0.05) is 6.42 Å². The van der Waals surface area contributed by atoms with Crippen LogP contribution in [0.4, 0.5) is 0 Å². The van der Waals surface area contributed by atoms with Crippen molar-refractivity contribution < 1.29 is 43.5 Å². The van der Waals surface area contributed by atoms with Gasteiger partial charge in [0.1, 0.15) is 12.2 Å². The molecule has 6 fully saturated rings. The highest BCUT2D eigenvalue weighted by atomic mass is 16.8. The number of rotatable bonds is 0. The Bertz CT molecular complexity index is 893. The Morgan fingerprint density at radius 3 is 2.38 bits per heavy atom. The van der Waals surface area contributed by atoms with E-state index in [0.29, 0.717) is 6.42 Å². The number of hydrogen-bond donors (Lipinski definition) is 2. The second-order valence-corrected chi connectivity index (χ2v) is 10.6. The van der Waals surface area contributed by atoms with Crippen molar-refractivity contribution >= 4 is 17.9 Å². The van der Waals surface area contributed by atoms with Gasteiger partial charge in [-0.05, 0) is 24.7 Å². The van der Waals surface area contributed by atoms with Gasteiger partial charge in [0.2, 0.25) is 11.9 Å². The van der Waals surface area contributed by atoms with Gasteiger partial charge in [-0.1, -0.05) is 20.8 Å². The topological polar surface area (TPSA) is 129 Å². The summed E-state index contributed by atoms with van der Waals surface area (Å²) < 4.78 is 22.9. The first kappa shape index (κ1) is 18.1. The molecule has 9 nitrogen and oxygen atoms in total. The number of ether oxygens (including phenoxy) is 4. The molecule has 3 unspecified atom stereocenters. The summed E-state index contributed by atoms with van der Waals surface area (Å²) >= 11 is 0. The van der Waals surface area contributed by atoms with Crippen molar-refractivity contribution in [1.29, 1.82) is 0 Å². The molecule has 2 spiro atoms. The fraction of sp³-hybridized carbons (Fsp3) is 0.850. The molecule has 0 radical (unpaired) electrons. The van der Waals surface area contributed by atoms with Gasteiger partial charge in [0.05, 0.1) is 16.7 Å². The van der Waals surface area contributed by atoms with Crippen LogP contribution >= 0.6 is 0 Å². The van der Waals surface area contributed by atoms with Crippen molar-refractivity contribution in [1.82, 2.24) is 0 Å². The maximum Gasteiger partial charge on any atom is 0.342 e. The zero-order valence-corrected chi connectivity index (χ0v) is 16.6. The highest BCUT2D eigenvalue weighted by molar-refractivity contribution is 5.93. The van der Waals surface area contributed by atoms with Gasteiger partial charge in [-0.2, -0.15) is 0 Å². The highest BCUT2D eigenvalue weighted by Crippen LogP contribution is 2.84. The summed E-state index contributed by atoms with van der Waals surface area (Å²) in [6.07, 6.45) is -3.96. The van der Waals surface area contributed by atoms with E-state index < -0.39 is 70.5 Å². The third-order valence-electron chi connectivity index (χ3n) is 8.97. The van der Waals surface area contributed by atoms with Crippen LogP contribution in [0.25, 0.3) is 0 Å². The number of esters is 3. The predicted molar refractivity (Wildman–Crippen MR) is 90.6 cm³/mol. The van der Waals surface area contributed by atoms with Crippen molar-refractivity contribution in [3.8, 4) is 0 Å². The molecule has 9 heteroatoms. The summed E-state index contributed by atoms with van der Waals surface area (Å²) in [5.41, 5.74) is -6.81. The largest absolute Gasteiger partial charge is 0.459 e. The molecule has 0 aromatic rings. The minimum absolute atomic E-state index is 0.0623. The maximum absolute atomic E-state index is 13.3. The van der Waals surface area contributed by atoms with Gasteiger partial charge >= 0.3 is 17.9 Å². The van der Waals surface area contributed by atoms with Gasteiger partial charge in [-0.25, -0.2) is 9.59 Å². The van der Waals surface area contributed by atoms with E-state index in [0.717, 1.165) is 0 Å². The molecule has 0 aromatic heterocycles. The molecule has 2 saturated carbocycles. The van der Waals surface area contributed by atoms with Crippen molar-refractivity contribution in [3.05, 3.63) is 0 Å². The minimum Gasteiger partial charge on any atom is -0.459 e. The van der Waals surface area contributed by atoms with Crippen LogP contribution in [0, 0.1) is 28.1 Å². The molecule has 4 heterocycles. The van der Waals surface area contributed by atoms with Gasteiger partial charge in [-0.15, -0.1) is 0 Å². The van der Waals surface area contributed by atoms with Gasteiger partial charge < -0.3 is 29.2 Å². The standard InChI is InChI=1S/C20H24O9/c1-7-12(22)26-10-6-17-9-5-8(16(2,3)4)18(17)11(21)13(23)28-15(18)29-20(17,14(24)27-9)19(7,10)25/h7-11,15,21,25H,5-6H2,1-4H3/t7-,8?,9-,10+,11?,15+,17?,18-,19-,20-/m1/s1. The van der Waals surface area contributed by atoms with E-state index in [-0.39, 0.29) is 17.8 Å². The minimum atomic E-state index is -1.97. The van der Waals surface area contributed by atoms with Crippen molar-refractivity contribution in [3.63, 3.8) is 0 Å². The quantitative estimate of drug-likeness (QED) is 0.408. The number of carbonyl (C=O) groups excluding carboxylic acids is 3. The van der Waals surface area contributed by atoms with E-state index in [9.17, 15) is 24.6 Å². The number of hydrogen-bond acceptors (Lipinski definition) is 9. The number of fused-ring (bicyclic) bond motifs is 1. The second kappa shape index (κ2) is 4.48. The lowest BCUT2D eigenvalue weighted by atomic mass is 9.51. The molecule has 2 N–H and O–H groups in total. The Hall–Kier alpha value is -1.71. The van der Waals surface area contributed by atoms with Crippen LogP contribution in [-0.4, -0.2) is 63.9 Å². The fourth-order valence-corrected chi connectivity index (χ4v) is 8.06. The van der Waals surface area contributed by atoms with E-state index in [1.54, 1.807) is 0 Å². The Balaban J connectivity index is 1.68. The molecule has 0 amide bonds. The van der Waals surface area contributed by atoms with Crippen LogP contribution in [0.5, 0.6) is 0 Å². The Labute approximate surface area is 166 Å². The zero-order chi connectivity index (χ0) is 20.9. The Morgan fingerprint density at radius 1 is 1.03 bits per heavy atom. The van der Waals surface area contributed by atoms with Gasteiger partial charge in [0.25, 0.3) is 0 Å². The van der Waals surface area contributed by atoms with Crippen molar-refractivity contribution in [2.24, 2.45) is 28.1 Å². The van der Waals surface area contributed by atoms with Crippen molar-refractivity contribution in [2.45, 2.75) is 76.3 Å². The molecule has 29 heavy (non-hydrogen) atoms. The molecule has 4 saturated heterocycles. The summed E-state index contributed by atoms with van der Waals surface area (Å²) in [5.74, 6) is -3.52. The number of carbonyl (C=O) groups is 3. The third kappa shape index (κ3) is 1.35. The van der Waals surface area contributed by atoms with Gasteiger partial charge in [-0.3, -0.25) is 4.79 Å². The van der Waals surface area contributed by atoms with Crippen molar-refractivity contribution in [2.75, 3.05) is 0 Å². The average molecular weight is 408 g/mol. The first-order chi connectivity index (χ1) is 13.4. The molecule has 4 aliphatic heterocycles. The molecular formula is C20H24O9. The summed E-state index contributed by atoms with van der Waals surface area (Å²) in [7, 11) is 0. The van der Waals surface area contributed by atoms with Crippen LogP contribution in [0.3, 0.4) is 0 Å². The SMILES string of the molecule is C[C@@H]1C(=O)O[C@H]2CC34[C@H]5CC(C(C)(C)C)[C@]36C(O)C(=O)O[C@H]6O[C@@]4(C(=O)O5)[C@]21O. The molecule has 0 bridgehead atoms. The van der Waals surface area contributed by atoms with Crippen LogP contribution < -0.4 is 0 Å². The molecule has 6 rings (SSSR count). The Morgan fingerprint density at radius 2 is 1.72 bits per heavy atom. The fourth-order valence-electron chi connectivity index (χ4n) is 8.06. The first-order valence-electron chi connectivity index (χ1n) is 10.1. The van der Waals surface area contributed by atoms with E-state index in [2.05, 4.69) is 0 Å². The maximum atomic E-state index is 13.3. The van der Waals surface area contributed by atoms with Crippen LogP contribution in [0.15, 0.2) is 0 Å². The summed E-state index contributed by atoms with van der Waals surface area (Å²) in [6.45, 7) is 7.47. The van der Waals surface area contributed by atoms with E-state index in [1.165, 1.54) is 6.92 Å². The normalized spacial score (nSPS) is 59.2. The molecule has 0 aromatic carbocycles. The summed E-state index contributed by atoms with van der Waals surface area (Å²) in [5, 5.41) is 23.0. The molecule has 6 aliphatic rings. The van der Waals surface area contributed by atoms with E-state index >= 15 is 0 Å². The summed E-state index contributed by atoms with van der Waals surface area (Å²) in [6, 6.07) is 0. The van der Waals surface area contributed by atoms with Crippen LogP contribution in [-0.2, 0) is 33.3 Å². The average Bonchev–Trinajstić information content (AvgIpc) is 3.31. The lowest BCUT2D eigenvalue weighted by Gasteiger charge is -2.46. The number of aliphatic hydroxyl groups is 2. The molecular weight excluding hydrogens is 384 g/mol.